The predicted octanol–water partition coefficient (Wildman–Crippen LogP) is 6.86. The Hall–Kier alpha value is -1.33. The molecule has 0 saturated heterocycles. The fraction of sp³-hybridized carbons (Fsp3) is 0.455. The Labute approximate surface area is 147 Å². The smallest absolute Gasteiger partial charge is 0.0901 e. The van der Waals surface area contributed by atoms with Gasteiger partial charge in [-0.05, 0) is 49.0 Å². The molecular weight excluding hydrogens is 311 g/mol. The van der Waals surface area contributed by atoms with Crippen LogP contribution in [0.25, 0.3) is 11.1 Å². The molecule has 24 heavy (non-hydrogen) atoms. The summed E-state index contributed by atoms with van der Waals surface area (Å²) < 4.78 is 12.9. The van der Waals surface area contributed by atoms with E-state index in [1.165, 1.54) is 16.7 Å². The molecule has 0 spiro atoms. The molecule has 2 atom stereocenters. The van der Waals surface area contributed by atoms with E-state index in [1.807, 2.05) is 12.7 Å². The molecule has 2 aromatic rings. The van der Waals surface area contributed by atoms with Crippen molar-refractivity contribution in [3.8, 4) is 11.1 Å². The third-order valence-corrected chi connectivity index (χ3v) is 9.41. The Bertz CT molecular complexity index is 658. The van der Waals surface area contributed by atoms with E-state index in [0.29, 0.717) is 11.3 Å². The Morgan fingerprint density at radius 2 is 1.50 bits per heavy atom. The summed E-state index contributed by atoms with van der Waals surface area (Å²) in [6, 6.07) is 19.4. The lowest BCUT2D eigenvalue weighted by Gasteiger charge is -2.26. The Morgan fingerprint density at radius 1 is 0.917 bits per heavy atom. The first-order valence-electron chi connectivity index (χ1n) is 9.16. The van der Waals surface area contributed by atoms with E-state index in [-0.39, 0.29) is 0 Å². The van der Waals surface area contributed by atoms with Gasteiger partial charge in [-0.2, -0.15) is 0 Å². The number of benzene rings is 2. The highest BCUT2D eigenvalue weighted by atomic mass is 31.2. The van der Waals surface area contributed by atoms with E-state index in [4.69, 9.17) is 0 Å². The highest BCUT2D eigenvalue weighted by Crippen LogP contribution is 2.54. The first kappa shape index (κ1) is 19.0. The first-order chi connectivity index (χ1) is 11.4. The molecule has 0 radical (unpaired) electrons. The van der Waals surface area contributed by atoms with Gasteiger partial charge in [-0.15, -0.1) is 0 Å². The van der Waals surface area contributed by atoms with Crippen molar-refractivity contribution in [1.82, 2.24) is 0 Å². The van der Waals surface area contributed by atoms with Crippen molar-refractivity contribution < 1.29 is 4.57 Å². The van der Waals surface area contributed by atoms with Gasteiger partial charge in [0.15, 0.2) is 0 Å². The fourth-order valence-electron chi connectivity index (χ4n) is 3.28. The van der Waals surface area contributed by atoms with Gasteiger partial charge in [-0.25, -0.2) is 0 Å². The summed E-state index contributed by atoms with van der Waals surface area (Å²) >= 11 is 0. The highest BCUT2D eigenvalue weighted by molar-refractivity contribution is 7.64. The average molecular weight is 342 g/mol. The van der Waals surface area contributed by atoms with Crippen molar-refractivity contribution in [3.63, 3.8) is 0 Å². The maximum atomic E-state index is 12.9. The molecule has 130 valence electrons. The number of rotatable bonds is 8. The summed E-state index contributed by atoms with van der Waals surface area (Å²) in [5.74, 6) is 0. The van der Waals surface area contributed by atoms with Crippen LogP contribution >= 0.6 is 7.14 Å². The average Bonchev–Trinajstić information content (AvgIpc) is 2.59. The lowest BCUT2D eigenvalue weighted by Crippen LogP contribution is -2.13. The van der Waals surface area contributed by atoms with Gasteiger partial charge in [0.25, 0.3) is 0 Å². The largest absolute Gasteiger partial charge is 0.323 e. The van der Waals surface area contributed by atoms with E-state index < -0.39 is 7.14 Å². The van der Waals surface area contributed by atoms with E-state index in [0.717, 1.165) is 25.7 Å². The molecular formula is C22H31OP. The lowest BCUT2D eigenvalue weighted by atomic mass is 10.0. The molecule has 0 aliphatic carbocycles. The highest BCUT2D eigenvalue weighted by Gasteiger charge is 2.29. The van der Waals surface area contributed by atoms with E-state index in [2.05, 4.69) is 69.3 Å². The van der Waals surface area contributed by atoms with Crippen LogP contribution in [0.1, 0.15) is 45.6 Å². The van der Waals surface area contributed by atoms with Gasteiger partial charge in [-0.3, -0.25) is 0 Å². The standard InChI is InChI=1S/C22H31OP/c1-5-22(24(4,23)18(2)3)13-9-10-19-14-16-21(17-15-19)20-11-7-6-8-12-20/h6-8,11-12,14-18,22H,5,9-10,13H2,1-4H3. The minimum absolute atomic E-state index is 0.299. The lowest BCUT2D eigenvalue weighted by molar-refractivity contribution is 0.546. The Balaban J connectivity index is 1.92. The van der Waals surface area contributed by atoms with Crippen LogP contribution < -0.4 is 0 Å². The normalized spacial score (nSPS) is 15.2. The number of aryl methyl sites for hydroxylation is 1. The molecule has 1 nitrogen and oxygen atoms in total. The molecule has 2 heteroatoms. The first-order valence-corrected chi connectivity index (χ1v) is 11.5. The van der Waals surface area contributed by atoms with Crippen molar-refractivity contribution in [2.75, 3.05) is 6.66 Å². The van der Waals surface area contributed by atoms with Crippen LogP contribution in [0, 0.1) is 0 Å². The Kier molecular flexibility index (Phi) is 6.87. The van der Waals surface area contributed by atoms with Gasteiger partial charge >= 0.3 is 0 Å². The van der Waals surface area contributed by atoms with Crippen molar-refractivity contribution in [2.24, 2.45) is 0 Å². The summed E-state index contributed by atoms with van der Waals surface area (Å²) in [5, 5.41) is 0. The van der Waals surface area contributed by atoms with Crippen LogP contribution in [-0.4, -0.2) is 18.0 Å². The second kappa shape index (κ2) is 8.67. The molecule has 0 fully saturated rings. The van der Waals surface area contributed by atoms with Gasteiger partial charge < -0.3 is 4.57 Å². The zero-order valence-electron chi connectivity index (χ0n) is 15.5. The minimum atomic E-state index is -2.04. The third-order valence-electron chi connectivity index (χ3n) is 5.29. The predicted molar refractivity (Wildman–Crippen MR) is 108 cm³/mol. The van der Waals surface area contributed by atoms with Crippen LogP contribution in [0.4, 0.5) is 0 Å². The summed E-state index contributed by atoms with van der Waals surface area (Å²) in [6.07, 6.45) is 4.29. The van der Waals surface area contributed by atoms with Crippen LogP contribution in [0.5, 0.6) is 0 Å². The van der Waals surface area contributed by atoms with Crippen LogP contribution in [0.2, 0.25) is 0 Å². The van der Waals surface area contributed by atoms with Crippen molar-refractivity contribution >= 4 is 7.14 Å². The SMILES string of the molecule is CCC(CCCc1ccc(-c2ccccc2)cc1)P(C)(=O)C(C)C. The summed E-state index contributed by atoms with van der Waals surface area (Å²) in [7, 11) is -2.04. The van der Waals surface area contributed by atoms with Gasteiger partial charge in [-0.1, -0.05) is 75.4 Å². The molecule has 0 aliphatic rings. The molecule has 2 rings (SSSR count). The summed E-state index contributed by atoms with van der Waals surface area (Å²) in [4.78, 5) is 0. The second-order valence-electron chi connectivity index (χ2n) is 7.17. The maximum absolute atomic E-state index is 12.9. The van der Waals surface area contributed by atoms with Crippen molar-refractivity contribution in [1.29, 1.82) is 0 Å². The molecule has 0 aromatic heterocycles. The molecule has 0 saturated carbocycles. The van der Waals surface area contributed by atoms with Gasteiger partial charge in [0.2, 0.25) is 0 Å². The fourth-order valence-corrected chi connectivity index (χ4v) is 5.54. The summed E-state index contributed by atoms with van der Waals surface area (Å²) in [6.45, 7) is 8.38. The quantitative estimate of drug-likeness (QED) is 0.479. The van der Waals surface area contributed by atoms with Crippen LogP contribution in [-0.2, 0) is 11.0 Å². The van der Waals surface area contributed by atoms with Gasteiger partial charge in [0, 0.05) is 11.3 Å². The zero-order valence-corrected chi connectivity index (χ0v) is 16.4. The molecule has 0 heterocycles. The molecule has 2 aromatic carbocycles. The molecule has 0 bridgehead atoms. The van der Waals surface area contributed by atoms with Crippen LogP contribution in [0.15, 0.2) is 54.6 Å². The van der Waals surface area contributed by atoms with Crippen molar-refractivity contribution in [3.05, 3.63) is 60.2 Å². The third kappa shape index (κ3) is 4.84. The van der Waals surface area contributed by atoms with Gasteiger partial charge in [0.1, 0.15) is 0 Å². The number of hydrogen-bond donors (Lipinski definition) is 0. The maximum Gasteiger partial charge on any atom is 0.0901 e. The summed E-state index contributed by atoms with van der Waals surface area (Å²) in [5.41, 5.74) is 4.58. The number of hydrogen-bond acceptors (Lipinski definition) is 1. The monoisotopic (exact) mass is 342 g/mol. The molecule has 0 amide bonds. The van der Waals surface area contributed by atoms with E-state index in [1.54, 1.807) is 0 Å². The molecule has 0 N–H and O–H groups in total. The second-order valence-corrected chi connectivity index (χ2v) is 11.1. The minimum Gasteiger partial charge on any atom is -0.323 e. The van der Waals surface area contributed by atoms with Crippen molar-refractivity contribution in [2.45, 2.75) is 57.8 Å². The Morgan fingerprint density at radius 3 is 2.04 bits per heavy atom. The van der Waals surface area contributed by atoms with E-state index in [9.17, 15) is 4.57 Å². The van der Waals surface area contributed by atoms with Crippen LogP contribution in [0.3, 0.4) is 0 Å². The topological polar surface area (TPSA) is 17.1 Å². The van der Waals surface area contributed by atoms with Gasteiger partial charge in [0.05, 0.1) is 7.14 Å². The van der Waals surface area contributed by atoms with E-state index >= 15 is 0 Å². The zero-order chi connectivity index (χ0) is 17.6. The molecule has 2 unspecified atom stereocenters. The molecule has 0 aliphatic heterocycles.